The molecule has 0 spiro atoms. The smallest absolute Gasteiger partial charge is 0.0760 e. The summed E-state index contributed by atoms with van der Waals surface area (Å²) >= 11 is 0. The Kier molecular flexibility index (Phi) is 2.89. The van der Waals surface area contributed by atoms with E-state index in [4.69, 9.17) is 5.10 Å². The number of para-hydroxylation sites is 1. The first-order chi connectivity index (χ1) is 9.48. The minimum absolute atomic E-state index is 0.0504. The van der Waals surface area contributed by atoms with Gasteiger partial charge in [0.25, 0.3) is 0 Å². The molecule has 0 N–H and O–H groups in total. The average molecular weight is 264 g/mol. The first-order valence-corrected chi connectivity index (χ1v) is 7.00. The summed E-state index contributed by atoms with van der Waals surface area (Å²) in [6.07, 6.45) is 0. The van der Waals surface area contributed by atoms with Crippen LogP contribution in [0.5, 0.6) is 0 Å². The third-order valence-electron chi connectivity index (χ3n) is 3.66. The Hall–Kier alpha value is -2.09. The van der Waals surface area contributed by atoms with E-state index in [0.29, 0.717) is 0 Å². The van der Waals surface area contributed by atoms with Gasteiger partial charge in [0.2, 0.25) is 0 Å². The van der Waals surface area contributed by atoms with Crippen molar-refractivity contribution in [2.75, 3.05) is 0 Å². The molecule has 0 amide bonds. The summed E-state index contributed by atoms with van der Waals surface area (Å²) in [5.74, 6) is 0. The Bertz CT molecular complexity index is 746. The van der Waals surface area contributed by atoms with Crippen molar-refractivity contribution in [3.8, 4) is 11.1 Å². The van der Waals surface area contributed by atoms with E-state index in [1.54, 1.807) is 0 Å². The summed E-state index contributed by atoms with van der Waals surface area (Å²) in [6.45, 7) is 6.64. The molecule has 1 aromatic heterocycles. The molecule has 3 aromatic rings. The van der Waals surface area contributed by atoms with Gasteiger partial charge >= 0.3 is 0 Å². The molecule has 0 saturated carbocycles. The predicted molar refractivity (Wildman–Crippen MR) is 84.9 cm³/mol. The van der Waals surface area contributed by atoms with E-state index in [-0.39, 0.29) is 5.41 Å². The number of benzene rings is 2. The van der Waals surface area contributed by atoms with Crippen LogP contribution >= 0.6 is 0 Å². The zero-order chi connectivity index (χ0) is 14.3. The van der Waals surface area contributed by atoms with Crippen LogP contribution in [0.15, 0.2) is 48.5 Å². The van der Waals surface area contributed by atoms with Gasteiger partial charge in [-0.25, -0.2) is 0 Å². The number of hydrogen-bond acceptors (Lipinski definition) is 1. The van der Waals surface area contributed by atoms with Crippen molar-refractivity contribution in [1.82, 2.24) is 9.78 Å². The number of hydrogen-bond donors (Lipinski definition) is 0. The minimum atomic E-state index is 0.0504. The maximum absolute atomic E-state index is 4.76. The van der Waals surface area contributed by atoms with E-state index in [1.165, 1.54) is 22.0 Å². The second-order valence-electron chi connectivity index (χ2n) is 6.29. The second-order valence-corrected chi connectivity index (χ2v) is 6.29. The lowest BCUT2D eigenvalue weighted by Gasteiger charge is -2.15. The molecular weight excluding hydrogens is 244 g/mol. The molecule has 0 radical (unpaired) electrons. The average Bonchev–Trinajstić information content (AvgIpc) is 2.77. The largest absolute Gasteiger partial charge is 0.267 e. The highest BCUT2D eigenvalue weighted by Gasteiger charge is 2.22. The summed E-state index contributed by atoms with van der Waals surface area (Å²) in [7, 11) is 2.03. The van der Waals surface area contributed by atoms with Crippen LogP contribution in [0.25, 0.3) is 22.0 Å². The highest BCUT2D eigenvalue weighted by atomic mass is 15.3. The second kappa shape index (κ2) is 4.48. The van der Waals surface area contributed by atoms with E-state index >= 15 is 0 Å². The third kappa shape index (κ3) is 2.01. The SMILES string of the molecule is Cn1nc(C(C)(C)C)c2cccc(-c3ccccc3)c21. The molecule has 3 rings (SSSR count). The van der Waals surface area contributed by atoms with Crippen molar-refractivity contribution >= 4 is 10.9 Å². The van der Waals surface area contributed by atoms with Crippen LogP contribution in [0.3, 0.4) is 0 Å². The van der Waals surface area contributed by atoms with Crippen molar-refractivity contribution in [3.63, 3.8) is 0 Å². The zero-order valence-electron chi connectivity index (χ0n) is 12.5. The van der Waals surface area contributed by atoms with Crippen LogP contribution in [0.4, 0.5) is 0 Å². The van der Waals surface area contributed by atoms with Crippen LogP contribution in [0.1, 0.15) is 26.5 Å². The molecule has 0 atom stereocenters. The molecule has 2 nitrogen and oxygen atoms in total. The molecule has 0 fully saturated rings. The van der Waals surface area contributed by atoms with Crippen molar-refractivity contribution in [2.24, 2.45) is 7.05 Å². The van der Waals surface area contributed by atoms with E-state index in [1.807, 2.05) is 17.8 Å². The van der Waals surface area contributed by atoms with E-state index in [9.17, 15) is 0 Å². The molecule has 102 valence electrons. The lowest BCUT2D eigenvalue weighted by Crippen LogP contribution is -2.12. The van der Waals surface area contributed by atoms with Crippen LogP contribution < -0.4 is 0 Å². The minimum Gasteiger partial charge on any atom is -0.267 e. The maximum atomic E-state index is 4.76. The number of aromatic nitrogens is 2. The Labute approximate surface area is 120 Å². The van der Waals surface area contributed by atoms with Gasteiger partial charge in [0, 0.05) is 23.4 Å². The Morgan fingerprint density at radius 2 is 1.60 bits per heavy atom. The Balaban J connectivity index is 2.34. The van der Waals surface area contributed by atoms with E-state index < -0.39 is 0 Å². The van der Waals surface area contributed by atoms with E-state index in [0.717, 1.165) is 5.69 Å². The molecular formula is C18H20N2. The molecule has 0 aliphatic carbocycles. The number of aryl methyl sites for hydroxylation is 1. The van der Waals surface area contributed by atoms with Crippen LogP contribution in [0.2, 0.25) is 0 Å². The standard InChI is InChI=1S/C18H20N2/c1-18(2,3)17-15-12-8-11-14(16(15)20(4)19-17)13-9-6-5-7-10-13/h5-12H,1-4H3. The zero-order valence-corrected chi connectivity index (χ0v) is 12.5. The number of fused-ring (bicyclic) bond motifs is 1. The van der Waals surface area contributed by atoms with Gasteiger partial charge in [0.05, 0.1) is 11.2 Å². The van der Waals surface area contributed by atoms with Gasteiger partial charge in [-0.05, 0) is 5.56 Å². The summed E-state index contributed by atoms with van der Waals surface area (Å²) in [6, 6.07) is 17.0. The molecule has 2 heteroatoms. The molecule has 0 saturated heterocycles. The highest BCUT2D eigenvalue weighted by molar-refractivity contribution is 5.96. The number of nitrogens with zero attached hydrogens (tertiary/aromatic N) is 2. The van der Waals surface area contributed by atoms with Gasteiger partial charge in [-0.2, -0.15) is 5.10 Å². The molecule has 0 aliphatic rings. The van der Waals surface area contributed by atoms with Gasteiger partial charge in [0.15, 0.2) is 0 Å². The first kappa shape index (κ1) is 12.9. The van der Waals surface area contributed by atoms with Gasteiger partial charge < -0.3 is 0 Å². The molecule has 20 heavy (non-hydrogen) atoms. The summed E-state index contributed by atoms with van der Waals surface area (Å²) in [5, 5.41) is 6.02. The fourth-order valence-corrected chi connectivity index (χ4v) is 2.74. The quantitative estimate of drug-likeness (QED) is 0.631. The topological polar surface area (TPSA) is 17.8 Å². The maximum Gasteiger partial charge on any atom is 0.0760 e. The molecule has 0 bridgehead atoms. The molecule has 1 heterocycles. The first-order valence-electron chi connectivity index (χ1n) is 7.00. The predicted octanol–water partition coefficient (Wildman–Crippen LogP) is 4.54. The van der Waals surface area contributed by atoms with Crippen molar-refractivity contribution in [2.45, 2.75) is 26.2 Å². The fourth-order valence-electron chi connectivity index (χ4n) is 2.74. The molecule has 0 aliphatic heterocycles. The van der Waals surface area contributed by atoms with Crippen molar-refractivity contribution < 1.29 is 0 Å². The lowest BCUT2D eigenvalue weighted by atomic mass is 9.89. The summed E-state index contributed by atoms with van der Waals surface area (Å²) < 4.78 is 2.01. The van der Waals surface area contributed by atoms with E-state index in [2.05, 4.69) is 63.2 Å². The summed E-state index contributed by atoms with van der Waals surface area (Å²) in [4.78, 5) is 0. The van der Waals surface area contributed by atoms with Gasteiger partial charge in [-0.1, -0.05) is 69.3 Å². The van der Waals surface area contributed by atoms with Gasteiger partial charge in [-0.15, -0.1) is 0 Å². The lowest BCUT2D eigenvalue weighted by molar-refractivity contribution is 0.558. The van der Waals surface area contributed by atoms with Crippen LogP contribution in [-0.2, 0) is 12.5 Å². The van der Waals surface area contributed by atoms with Crippen molar-refractivity contribution in [3.05, 3.63) is 54.2 Å². The van der Waals surface area contributed by atoms with Crippen LogP contribution in [0, 0.1) is 0 Å². The molecule has 0 unspecified atom stereocenters. The highest BCUT2D eigenvalue weighted by Crippen LogP contribution is 2.34. The Morgan fingerprint density at radius 1 is 0.900 bits per heavy atom. The molecule has 2 aromatic carbocycles. The third-order valence-corrected chi connectivity index (χ3v) is 3.66. The number of rotatable bonds is 1. The normalized spacial score (nSPS) is 12.0. The summed E-state index contributed by atoms with van der Waals surface area (Å²) in [5.41, 5.74) is 4.90. The Morgan fingerprint density at radius 3 is 2.25 bits per heavy atom. The van der Waals surface area contributed by atoms with Gasteiger partial charge in [0.1, 0.15) is 0 Å². The van der Waals surface area contributed by atoms with Gasteiger partial charge in [-0.3, -0.25) is 4.68 Å². The fraction of sp³-hybridized carbons (Fsp3) is 0.278. The monoisotopic (exact) mass is 264 g/mol. The van der Waals surface area contributed by atoms with Crippen LogP contribution in [-0.4, -0.2) is 9.78 Å². The van der Waals surface area contributed by atoms with Crippen molar-refractivity contribution in [1.29, 1.82) is 0 Å².